The number of carbonyl (C=O) groups is 1. The fourth-order valence-corrected chi connectivity index (χ4v) is 3.45. The number of urea groups is 1. The van der Waals surface area contributed by atoms with Gasteiger partial charge in [0.1, 0.15) is 17.9 Å². The molecular formula is C25H16F4N6O2. The van der Waals surface area contributed by atoms with Gasteiger partial charge in [0.2, 0.25) is 11.6 Å². The Labute approximate surface area is 206 Å². The third-order valence-corrected chi connectivity index (χ3v) is 5.14. The number of hydrogen-bond acceptors (Lipinski definition) is 5. The Morgan fingerprint density at radius 2 is 1.78 bits per heavy atom. The van der Waals surface area contributed by atoms with Crippen molar-refractivity contribution in [1.29, 1.82) is 0 Å². The Balaban J connectivity index is 1.42. The summed E-state index contributed by atoms with van der Waals surface area (Å²) in [5.41, 5.74) is 0.960. The number of hydrogen-bond donors (Lipinski definition) is 2. The van der Waals surface area contributed by atoms with Crippen molar-refractivity contribution in [2.24, 2.45) is 0 Å². The van der Waals surface area contributed by atoms with Crippen LogP contribution in [-0.4, -0.2) is 25.6 Å². The van der Waals surface area contributed by atoms with Gasteiger partial charge in [-0.2, -0.15) is 4.39 Å². The number of aryl methyl sites for hydroxylation is 1. The maximum Gasteiger partial charge on any atom is 0.323 e. The van der Waals surface area contributed by atoms with E-state index in [4.69, 9.17) is 4.74 Å². The first-order valence-corrected chi connectivity index (χ1v) is 10.7. The number of rotatable bonds is 5. The van der Waals surface area contributed by atoms with Crippen LogP contribution in [0.4, 0.5) is 33.7 Å². The van der Waals surface area contributed by atoms with Gasteiger partial charge in [-0.1, -0.05) is 6.07 Å². The topological polar surface area (TPSA) is 94.0 Å². The Hall–Kier alpha value is -5.00. The Kier molecular flexibility index (Phi) is 6.14. The summed E-state index contributed by atoms with van der Waals surface area (Å²) in [7, 11) is 0. The molecule has 0 unspecified atom stereocenters. The number of halogens is 4. The third kappa shape index (κ3) is 5.03. The molecular weight excluding hydrogens is 492 g/mol. The van der Waals surface area contributed by atoms with E-state index in [0.29, 0.717) is 22.9 Å². The molecule has 0 aliphatic rings. The van der Waals surface area contributed by atoms with Gasteiger partial charge in [0.25, 0.3) is 0 Å². The molecule has 8 nitrogen and oxygen atoms in total. The lowest BCUT2D eigenvalue weighted by Gasteiger charge is -2.14. The lowest BCUT2D eigenvalue weighted by atomic mass is 10.2. The van der Waals surface area contributed by atoms with E-state index in [-0.39, 0.29) is 11.4 Å². The molecule has 5 rings (SSSR count). The van der Waals surface area contributed by atoms with E-state index >= 15 is 4.39 Å². The molecule has 37 heavy (non-hydrogen) atoms. The number of aromatic nitrogens is 4. The average Bonchev–Trinajstić information content (AvgIpc) is 3.31. The predicted octanol–water partition coefficient (Wildman–Crippen LogP) is 6.12. The largest absolute Gasteiger partial charge is 0.451 e. The van der Waals surface area contributed by atoms with Crippen molar-refractivity contribution in [3.05, 3.63) is 96.2 Å². The first-order chi connectivity index (χ1) is 17.8. The van der Waals surface area contributed by atoms with E-state index in [1.807, 2.05) is 6.92 Å². The highest BCUT2D eigenvalue weighted by molar-refractivity contribution is 6.00. The summed E-state index contributed by atoms with van der Waals surface area (Å²) >= 11 is 0. The smallest absolute Gasteiger partial charge is 0.323 e. The van der Waals surface area contributed by atoms with Crippen LogP contribution in [0, 0.1) is 30.2 Å². The molecule has 5 aromatic rings. The van der Waals surface area contributed by atoms with E-state index in [0.717, 1.165) is 11.8 Å². The van der Waals surface area contributed by atoms with Gasteiger partial charge in [-0.3, -0.25) is 9.55 Å². The fraction of sp³-hybridized carbons (Fsp3) is 0.0400. The molecule has 2 aromatic heterocycles. The molecule has 0 saturated heterocycles. The van der Waals surface area contributed by atoms with Crippen LogP contribution >= 0.6 is 0 Å². The summed E-state index contributed by atoms with van der Waals surface area (Å²) in [5, 5.41) is 4.33. The number of fused-ring (bicyclic) bond motifs is 1. The molecule has 0 spiro atoms. The van der Waals surface area contributed by atoms with E-state index < -0.39 is 40.7 Å². The Bertz CT molecular complexity index is 1660. The number of nitrogens with one attached hydrogen (secondary N) is 2. The van der Waals surface area contributed by atoms with Gasteiger partial charge < -0.3 is 15.4 Å². The average molecular weight is 508 g/mol. The maximum absolute atomic E-state index is 15.1. The number of ether oxygens (including phenoxy) is 1. The van der Waals surface area contributed by atoms with Crippen molar-refractivity contribution < 1.29 is 27.1 Å². The minimum atomic E-state index is -1.59. The zero-order chi connectivity index (χ0) is 26.1. The molecule has 0 radical (unpaired) electrons. The van der Waals surface area contributed by atoms with Crippen LogP contribution in [0.3, 0.4) is 0 Å². The molecule has 0 bridgehead atoms. The lowest BCUT2D eigenvalue weighted by Crippen LogP contribution is -2.20. The maximum atomic E-state index is 15.1. The molecule has 0 aliphatic heterocycles. The highest BCUT2D eigenvalue weighted by atomic mass is 19.2. The first kappa shape index (κ1) is 23.7. The number of imidazole rings is 1. The fourth-order valence-electron chi connectivity index (χ4n) is 3.45. The number of benzene rings is 3. The van der Waals surface area contributed by atoms with Gasteiger partial charge in [0, 0.05) is 24.0 Å². The van der Waals surface area contributed by atoms with Crippen LogP contribution in [0.1, 0.15) is 5.69 Å². The zero-order valence-corrected chi connectivity index (χ0v) is 19.0. The monoisotopic (exact) mass is 508 g/mol. The molecule has 0 aliphatic carbocycles. The second-order valence-electron chi connectivity index (χ2n) is 7.86. The molecule has 12 heteroatoms. The molecule has 2 heterocycles. The standard InChI is InChI=1S/C25H16F4N6O2/c1-13-11-35(12-31-13)21-10-30-18-6-5-16(8-19(18)33-21)37-24-22(28)17(27)9-20(23(24)29)34-25(36)32-15-4-2-3-14(26)7-15/h2-12H,1H3,(H2,32,34,36). The summed E-state index contributed by atoms with van der Waals surface area (Å²) in [6.07, 6.45) is 4.83. The number of nitrogens with zero attached hydrogens (tertiary/aromatic N) is 4. The van der Waals surface area contributed by atoms with E-state index in [9.17, 15) is 18.0 Å². The first-order valence-electron chi connectivity index (χ1n) is 10.7. The van der Waals surface area contributed by atoms with E-state index in [1.165, 1.54) is 42.6 Å². The van der Waals surface area contributed by atoms with Crippen molar-refractivity contribution in [3.63, 3.8) is 0 Å². The van der Waals surface area contributed by atoms with Gasteiger partial charge in [0.15, 0.2) is 17.5 Å². The number of anilines is 2. The molecule has 0 atom stereocenters. The molecule has 186 valence electrons. The molecule has 2 N–H and O–H groups in total. The van der Waals surface area contributed by atoms with Gasteiger partial charge in [0.05, 0.1) is 28.6 Å². The summed E-state index contributed by atoms with van der Waals surface area (Å²) in [4.78, 5) is 25.1. The van der Waals surface area contributed by atoms with Crippen molar-refractivity contribution in [2.45, 2.75) is 6.92 Å². The molecule has 0 saturated carbocycles. The van der Waals surface area contributed by atoms with Gasteiger partial charge >= 0.3 is 6.03 Å². The third-order valence-electron chi connectivity index (χ3n) is 5.14. The lowest BCUT2D eigenvalue weighted by molar-refractivity contribution is 0.262. The van der Waals surface area contributed by atoms with E-state index in [1.54, 1.807) is 17.1 Å². The van der Waals surface area contributed by atoms with Crippen molar-refractivity contribution in [1.82, 2.24) is 19.5 Å². The van der Waals surface area contributed by atoms with Crippen LogP contribution in [0.25, 0.3) is 16.9 Å². The van der Waals surface area contributed by atoms with Crippen LogP contribution in [0.5, 0.6) is 11.5 Å². The van der Waals surface area contributed by atoms with Gasteiger partial charge in [-0.05, 0) is 37.3 Å². The number of amides is 2. The second kappa shape index (κ2) is 9.57. The van der Waals surface area contributed by atoms with Crippen LogP contribution < -0.4 is 15.4 Å². The van der Waals surface area contributed by atoms with Gasteiger partial charge in [-0.15, -0.1) is 0 Å². The van der Waals surface area contributed by atoms with Gasteiger partial charge in [-0.25, -0.2) is 27.9 Å². The minimum absolute atomic E-state index is 0.0562. The quantitative estimate of drug-likeness (QED) is 0.221. The van der Waals surface area contributed by atoms with Crippen LogP contribution in [-0.2, 0) is 0 Å². The molecule has 3 aromatic carbocycles. The minimum Gasteiger partial charge on any atom is -0.451 e. The summed E-state index contributed by atoms with van der Waals surface area (Å²) in [6.45, 7) is 1.81. The van der Waals surface area contributed by atoms with Crippen molar-refractivity contribution in [2.75, 3.05) is 10.6 Å². The van der Waals surface area contributed by atoms with Crippen molar-refractivity contribution in [3.8, 4) is 17.3 Å². The number of carbonyl (C=O) groups excluding carboxylic acids is 1. The normalized spacial score (nSPS) is 10.9. The zero-order valence-electron chi connectivity index (χ0n) is 19.0. The SMILES string of the molecule is Cc1cn(-c2cnc3ccc(Oc4c(F)c(F)cc(NC(=O)Nc5cccc(F)c5)c4F)cc3n2)cn1. The van der Waals surface area contributed by atoms with Crippen LogP contribution in [0.2, 0.25) is 0 Å². The summed E-state index contributed by atoms with van der Waals surface area (Å²) in [5.74, 6) is -5.71. The Morgan fingerprint density at radius 3 is 2.54 bits per heavy atom. The Morgan fingerprint density at radius 1 is 0.946 bits per heavy atom. The summed E-state index contributed by atoms with van der Waals surface area (Å²) in [6, 6.07) is 8.66. The summed E-state index contributed by atoms with van der Waals surface area (Å²) < 4.78 is 64.2. The highest BCUT2D eigenvalue weighted by Crippen LogP contribution is 2.34. The second-order valence-corrected chi connectivity index (χ2v) is 7.86. The molecule has 0 fully saturated rings. The highest BCUT2D eigenvalue weighted by Gasteiger charge is 2.23. The van der Waals surface area contributed by atoms with E-state index in [2.05, 4.69) is 25.6 Å². The molecule has 2 amide bonds. The van der Waals surface area contributed by atoms with Crippen LogP contribution in [0.15, 0.2) is 67.3 Å². The van der Waals surface area contributed by atoms with Crippen molar-refractivity contribution >= 4 is 28.4 Å². The predicted molar refractivity (Wildman–Crippen MR) is 127 cm³/mol.